The first kappa shape index (κ1) is 13.0. The van der Waals surface area contributed by atoms with Gasteiger partial charge in [0.2, 0.25) is 0 Å². The van der Waals surface area contributed by atoms with Crippen LogP contribution in [0.4, 0.5) is 0 Å². The molecule has 2 heteroatoms. The molecule has 0 aromatic rings. The van der Waals surface area contributed by atoms with E-state index < -0.39 is 0 Å². The van der Waals surface area contributed by atoms with Gasteiger partial charge in [-0.25, -0.2) is 0 Å². The first-order valence-electron chi connectivity index (χ1n) is 4.94. The van der Waals surface area contributed by atoms with Gasteiger partial charge in [-0.05, 0) is 18.6 Å². The third-order valence-electron chi connectivity index (χ3n) is 1.99. The molecule has 0 aromatic heterocycles. The quantitative estimate of drug-likeness (QED) is 0.494. The molecule has 78 valence electrons. The number of hydrogen-bond acceptors (Lipinski definition) is 2. The highest BCUT2D eigenvalue weighted by Crippen LogP contribution is 2.01. The van der Waals surface area contributed by atoms with Crippen molar-refractivity contribution >= 4 is 0 Å². The van der Waals surface area contributed by atoms with Crippen molar-refractivity contribution in [2.75, 3.05) is 13.1 Å². The Hall–Kier alpha value is -1.04. The van der Waals surface area contributed by atoms with E-state index in [0.717, 1.165) is 25.9 Å². The molecule has 0 saturated heterocycles. The van der Waals surface area contributed by atoms with Crippen molar-refractivity contribution in [2.45, 2.75) is 25.9 Å². The number of nitrogens with zero attached hydrogens (tertiary/aromatic N) is 1. The fourth-order valence-corrected chi connectivity index (χ4v) is 1.19. The first-order chi connectivity index (χ1) is 6.76. The molecule has 0 rings (SSSR count). The lowest BCUT2D eigenvalue weighted by atomic mass is 10.2. The Bertz CT molecular complexity index is 213. The molecule has 0 aliphatic heterocycles. The molecular formula is C12H20N2. The third kappa shape index (κ3) is 5.58. The van der Waals surface area contributed by atoms with E-state index in [0.29, 0.717) is 0 Å². The monoisotopic (exact) mass is 192 g/mol. The fourth-order valence-electron chi connectivity index (χ4n) is 1.19. The Labute approximate surface area is 87.1 Å². The van der Waals surface area contributed by atoms with Crippen LogP contribution in [0.25, 0.3) is 0 Å². The van der Waals surface area contributed by atoms with Crippen LogP contribution in [0.1, 0.15) is 19.8 Å². The molecule has 2 N–H and O–H groups in total. The molecule has 1 atom stereocenters. The smallest absolute Gasteiger partial charge is 0.0578 e. The molecule has 0 spiro atoms. The molecular weight excluding hydrogens is 172 g/mol. The summed E-state index contributed by atoms with van der Waals surface area (Å²) < 4.78 is 0. The summed E-state index contributed by atoms with van der Waals surface area (Å²) in [5.74, 6) is 0. The van der Waals surface area contributed by atoms with Crippen LogP contribution >= 0.6 is 0 Å². The highest BCUT2D eigenvalue weighted by Gasteiger charge is 2.09. The summed E-state index contributed by atoms with van der Waals surface area (Å²) in [5, 5.41) is 0. The highest BCUT2D eigenvalue weighted by molar-refractivity contribution is 4.87. The minimum Gasteiger partial charge on any atom is -0.316 e. The van der Waals surface area contributed by atoms with Gasteiger partial charge in [0, 0.05) is 13.1 Å². The van der Waals surface area contributed by atoms with Crippen LogP contribution in [0.2, 0.25) is 0 Å². The Balaban J connectivity index is 4.19. The van der Waals surface area contributed by atoms with Crippen LogP contribution in [0.5, 0.6) is 0 Å². The summed E-state index contributed by atoms with van der Waals surface area (Å²) in [6, 6.07) is 0. The normalized spacial score (nSPS) is 11.6. The third-order valence-corrected chi connectivity index (χ3v) is 1.99. The van der Waals surface area contributed by atoms with Gasteiger partial charge in [0.1, 0.15) is 0 Å². The van der Waals surface area contributed by atoms with E-state index in [4.69, 9.17) is 5.73 Å². The second-order valence-corrected chi connectivity index (χ2v) is 3.13. The van der Waals surface area contributed by atoms with Crippen molar-refractivity contribution in [3.63, 3.8) is 0 Å². The van der Waals surface area contributed by atoms with Crippen molar-refractivity contribution in [3.8, 4) is 0 Å². The van der Waals surface area contributed by atoms with Crippen molar-refractivity contribution in [1.82, 2.24) is 4.90 Å². The zero-order valence-corrected chi connectivity index (χ0v) is 9.00. The molecule has 0 aromatic carbocycles. The summed E-state index contributed by atoms with van der Waals surface area (Å²) in [7, 11) is 0. The summed E-state index contributed by atoms with van der Waals surface area (Å²) >= 11 is 0. The zero-order chi connectivity index (χ0) is 10.8. The van der Waals surface area contributed by atoms with Gasteiger partial charge >= 0.3 is 0 Å². The molecule has 0 fully saturated rings. The Kier molecular flexibility index (Phi) is 7.92. The molecule has 0 amide bonds. The Morgan fingerprint density at radius 2 is 1.79 bits per heavy atom. The van der Waals surface area contributed by atoms with Crippen LogP contribution in [0.3, 0.4) is 0 Å². The van der Waals surface area contributed by atoms with Crippen molar-refractivity contribution in [1.29, 1.82) is 0 Å². The minimum absolute atomic E-state index is 0.0919. The average molecular weight is 192 g/mol. The van der Waals surface area contributed by atoms with E-state index in [1.165, 1.54) is 0 Å². The van der Waals surface area contributed by atoms with E-state index >= 15 is 0 Å². The standard InChI is InChI=1S/C12H20N2/c1-4-7-10-14(11-8-5-2)12(13)9-6-3/h7-8,12H,1-2,6,9-11,13H2,3H3. The van der Waals surface area contributed by atoms with Crippen molar-refractivity contribution in [3.05, 3.63) is 36.8 Å². The molecule has 0 heterocycles. The first-order valence-corrected chi connectivity index (χ1v) is 4.94. The lowest BCUT2D eigenvalue weighted by molar-refractivity contribution is 0.232. The maximum absolute atomic E-state index is 6.00. The Morgan fingerprint density at radius 1 is 1.29 bits per heavy atom. The fraction of sp³-hybridized carbons (Fsp3) is 0.500. The van der Waals surface area contributed by atoms with Crippen molar-refractivity contribution < 1.29 is 0 Å². The van der Waals surface area contributed by atoms with Gasteiger partial charge in [-0.3, -0.25) is 4.90 Å². The van der Waals surface area contributed by atoms with Crippen LogP contribution in [-0.4, -0.2) is 24.2 Å². The average Bonchev–Trinajstić information content (AvgIpc) is 2.18. The van der Waals surface area contributed by atoms with Gasteiger partial charge < -0.3 is 5.73 Å². The summed E-state index contributed by atoms with van der Waals surface area (Å²) in [6.45, 7) is 10.8. The molecule has 0 radical (unpaired) electrons. The predicted octanol–water partition coefficient (Wildman–Crippen LogP) is 2.06. The lowest BCUT2D eigenvalue weighted by Gasteiger charge is -2.25. The predicted molar refractivity (Wildman–Crippen MR) is 61.9 cm³/mol. The van der Waals surface area contributed by atoms with Crippen LogP contribution in [0.15, 0.2) is 36.8 Å². The summed E-state index contributed by atoms with van der Waals surface area (Å²) in [4.78, 5) is 2.14. The topological polar surface area (TPSA) is 29.3 Å². The number of nitrogens with two attached hydrogens (primary N) is 1. The second-order valence-electron chi connectivity index (χ2n) is 3.13. The lowest BCUT2D eigenvalue weighted by Crippen LogP contribution is -2.42. The molecule has 2 nitrogen and oxygen atoms in total. The molecule has 0 bridgehead atoms. The largest absolute Gasteiger partial charge is 0.316 e. The van der Waals surface area contributed by atoms with Gasteiger partial charge in [-0.1, -0.05) is 26.5 Å². The van der Waals surface area contributed by atoms with E-state index in [-0.39, 0.29) is 6.17 Å². The summed E-state index contributed by atoms with van der Waals surface area (Å²) in [6.07, 6.45) is 5.94. The summed E-state index contributed by atoms with van der Waals surface area (Å²) in [5.41, 5.74) is 11.5. The molecule has 0 aliphatic carbocycles. The SMILES string of the molecule is C=C=CCN(CC=C=C)C(N)CCC. The van der Waals surface area contributed by atoms with Gasteiger partial charge in [0.15, 0.2) is 0 Å². The van der Waals surface area contributed by atoms with Gasteiger partial charge in [-0.15, -0.1) is 11.5 Å². The van der Waals surface area contributed by atoms with E-state index in [1.807, 2.05) is 12.2 Å². The van der Waals surface area contributed by atoms with Crippen LogP contribution in [-0.2, 0) is 0 Å². The number of hydrogen-bond donors (Lipinski definition) is 1. The highest BCUT2D eigenvalue weighted by atomic mass is 15.2. The second kappa shape index (κ2) is 8.55. The molecule has 0 saturated carbocycles. The van der Waals surface area contributed by atoms with Crippen LogP contribution < -0.4 is 5.73 Å². The maximum Gasteiger partial charge on any atom is 0.0578 e. The number of rotatable bonds is 7. The van der Waals surface area contributed by atoms with E-state index in [2.05, 4.69) is 36.4 Å². The Morgan fingerprint density at radius 3 is 2.14 bits per heavy atom. The van der Waals surface area contributed by atoms with E-state index in [1.54, 1.807) is 0 Å². The van der Waals surface area contributed by atoms with E-state index in [9.17, 15) is 0 Å². The maximum atomic E-state index is 6.00. The van der Waals surface area contributed by atoms with Gasteiger partial charge in [-0.2, -0.15) is 0 Å². The minimum atomic E-state index is 0.0919. The van der Waals surface area contributed by atoms with Gasteiger partial charge in [0.05, 0.1) is 6.17 Å². The van der Waals surface area contributed by atoms with Gasteiger partial charge in [0.25, 0.3) is 0 Å². The van der Waals surface area contributed by atoms with Crippen molar-refractivity contribution in [2.24, 2.45) is 5.73 Å². The molecule has 14 heavy (non-hydrogen) atoms. The van der Waals surface area contributed by atoms with Crippen LogP contribution in [0, 0.1) is 0 Å². The molecule has 1 unspecified atom stereocenters. The zero-order valence-electron chi connectivity index (χ0n) is 9.00. The molecule has 0 aliphatic rings.